The highest BCUT2D eigenvalue weighted by Crippen LogP contribution is 2.36. The molecule has 0 radical (unpaired) electrons. The van der Waals surface area contributed by atoms with Crippen molar-refractivity contribution in [3.8, 4) is 0 Å². The predicted molar refractivity (Wildman–Crippen MR) is 102 cm³/mol. The molecule has 1 aliphatic rings. The van der Waals surface area contributed by atoms with Crippen molar-refractivity contribution in [2.75, 3.05) is 12.8 Å². The summed E-state index contributed by atoms with van der Waals surface area (Å²) in [6.07, 6.45) is 1.38. The number of Topliss-reactive ketones (excluding diaryl/α,β-unsaturated/α-hetero) is 1. The number of aliphatic carboxylic acids is 1. The number of thioether (sulfide) groups is 1. The minimum Gasteiger partial charge on any atom is -0.481 e. The summed E-state index contributed by atoms with van der Waals surface area (Å²) in [6.45, 7) is 4.44. The minimum absolute atomic E-state index is 0.0976. The van der Waals surface area contributed by atoms with Gasteiger partial charge >= 0.3 is 5.97 Å². The lowest BCUT2D eigenvalue weighted by molar-refractivity contribution is -0.137. The lowest BCUT2D eigenvalue weighted by Crippen LogP contribution is -2.37. The van der Waals surface area contributed by atoms with Crippen molar-refractivity contribution in [2.24, 2.45) is 5.92 Å². The average Bonchev–Trinajstić information content (AvgIpc) is 2.79. The highest BCUT2D eigenvalue weighted by Gasteiger charge is 2.42. The Labute approximate surface area is 159 Å². The van der Waals surface area contributed by atoms with Crippen LogP contribution in [0.15, 0.2) is 39.9 Å². The van der Waals surface area contributed by atoms with Crippen molar-refractivity contribution in [3.05, 3.63) is 45.4 Å². The number of ketones is 1. The Morgan fingerprint density at radius 3 is 2.36 bits per heavy atom. The van der Waals surface area contributed by atoms with Crippen molar-refractivity contribution in [2.45, 2.75) is 25.6 Å². The van der Waals surface area contributed by atoms with Crippen LogP contribution in [-0.2, 0) is 9.59 Å². The fourth-order valence-electron chi connectivity index (χ4n) is 2.85. The Kier molecular flexibility index (Phi) is 6.46. The molecule has 5 nitrogen and oxygen atoms in total. The van der Waals surface area contributed by atoms with Gasteiger partial charge in [-0.1, -0.05) is 29.8 Å². The maximum absolute atomic E-state index is 13.0. The summed E-state index contributed by atoms with van der Waals surface area (Å²) in [5.74, 6) is -1.54. The normalized spacial score (nSPS) is 17.6. The summed E-state index contributed by atoms with van der Waals surface area (Å²) in [5, 5.41) is 8.74. The molecule has 0 bridgehead atoms. The SMILES string of the molecule is CSC1C(C(=O)c2ccc(Br)cc2)=C(CC(=O)O)C(=O)N1CC(C)C. The maximum Gasteiger partial charge on any atom is 0.308 e. The summed E-state index contributed by atoms with van der Waals surface area (Å²) < 4.78 is 0.842. The molecule has 1 unspecified atom stereocenters. The van der Waals surface area contributed by atoms with E-state index in [1.165, 1.54) is 11.8 Å². The molecule has 0 fully saturated rings. The Morgan fingerprint density at radius 1 is 1.28 bits per heavy atom. The fraction of sp³-hybridized carbons (Fsp3) is 0.389. The number of halogens is 1. The van der Waals surface area contributed by atoms with E-state index in [0.29, 0.717) is 17.7 Å². The molecule has 134 valence electrons. The molecule has 1 atom stereocenters. The number of hydrogen-bond donors (Lipinski definition) is 1. The third kappa shape index (κ3) is 4.33. The molecule has 1 aliphatic heterocycles. The number of carboxylic acid groups (broad SMARTS) is 1. The van der Waals surface area contributed by atoms with E-state index in [1.807, 2.05) is 20.1 Å². The third-order valence-corrected chi connectivity index (χ3v) is 5.30. The van der Waals surface area contributed by atoms with Crippen LogP contribution in [0.25, 0.3) is 0 Å². The summed E-state index contributed by atoms with van der Waals surface area (Å²) in [4.78, 5) is 38.7. The van der Waals surface area contributed by atoms with Crippen molar-refractivity contribution in [1.82, 2.24) is 4.90 Å². The zero-order valence-electron chi connectivity index (χ0n) is 14.3. The first kappa shape index (κ1) is 19.7. The van der Waals surface area contributed by atoms with E-state index in [-0.39, 0.29) is 23.2 Å². The van der Waals surface area contributed by atoms with Crippen LogP contribution in [0.4, 0.5) is 0 Å². The predicted octanol–water partition coefficient (Wildman–Crippen LogP) is 3.59. The zero-order valence-corrected chi connectivity index (χ0v) is 16.7. The van der Waals surface area contributed by atoms with E-state index < -0.39 is 17.8 Å². The number of hydrogen-bond acceptors (Lipinski definition) is 4. The standard InChI is InChI=1S/C18H20BrNO4S/c1-10(2)9-20-17(24)13(8-14(21)22)15(18(20)25-3)16(23)11-4-6-12(19)7-5-11/h4-7,10,18H,8-9H2,1-3H3,(H,21,22). The number of nitrogens with zero attached hydrogens (tertiary/aromatic N) is 1. The number of carbonyl (C=O) groups is 3. The second-order valence-electron chi connectivity index (χ2n) is 6.24. The molecule has 0 aliphatic carbocycles. The lowest BCUT2D eigenvalue weighted by Gasteiger charge is -2.27. The molecular formula is C18H20BrNO4S. The average molecular weight is 426 g/mol. The Hall–Kier alpha value is -1.60. The maximum atomic E-state index is 13.0. The summed E-state index contributed by atoms with van der Waals surface area (Å²) in [5.41, 5.74) is 0.836. The molecule has 1 amide bonds. The van der Waals surface area contributed by atoms with Gasteiger partial charge in [0.15, 0.2) is 5.78 Å². The van der Waals surface area contributed by atoms with Crippen molar-refractivity contribution < 1.29 is 19.5 Å². The second-order valence-corrected chi connectivity index (χ2v) is 8.07. The van der Waals surface area contributed by atoms with E-state index in [4.69, 9.17) is 0 Å². The lowest BCUT2D eigenvalue weighted by atomic mass is 9.98. The van der Waals surface area contributed by atoms with Crippen molar-refractivity contribution in [1.29, 1.82) is 0 Å². The smallest absolute Gasteiger partial charge is 0.308 e. The van der Waals surface area contributed by atoms with Gasteiger partial charge in [-0.05, 0) is 36.4 Å². The van der Waals surface area contributed by atoms with E-state index in [9.17, 15) is 19.5 Å². The highest BCUT2D eigenvalue weighted by atomic mass is 79.9. The van der Waals surface area contributed by atoms with Crippen LogP contribution < -0.4 is 0 Å². The molecule has 0 saturated heterocycles. The van der Waals surface area contributed by atoms with Gasteiger partial charge in [-0.15, -0.1) is 11.8 Å². The van der Waals surface area contributed by atoms with Crippen LogP contribution in [0.3, 0.4) is 0 Å². The third-order valence-electron chi connectivity index (χ3n) is 3.84. The van der Waals surface area contributed by atoms with Crippen LogP contribution in [0, 0.1) is 5.92 Å². The molecule has 0 spiro atoms. The van der Waals surface area contributed by atoms with Crippen LogP contribution in [0.5, 0.6) is 0 Å². The molecule has 1 N–H and O–H groups in total. The first-order valence-electron chi connectivity index (χ1n) is 7.85. The first-order valence-corrected chi connectivity index (χ1v) is 9.93. The summed E-state index contributed by atoms with van der Waals surface area (Å²) >= 11 is 4.70. The van der Waals surface area contributed by atoms with Gasteiger partial charge in [-0.2, -0.15) is 0 Å². The van der Waals surface area contributed by atoms with E-state index >= 15 is 0 Å². The zero-order chi connectivity index (χ0) is 18.7. The Bertz CT molecular complexity index is 727. The summed E-state index contributed by atoms with van der Waals surface area (Å²) in [7, 11) is 0. The second kappa shape index (κ2) is 8.19. The Morgan fingerprint density at radius 2 is 1.88 bits per heavy atom. The van der Waals surface area contributed by atoms with E-state index in [2.05, 4.69) is 15.9 Å². The molecule has 0 saturated carbocycles. The van der Waals surface area contributed by atoms with Gasteiger partial charge < -0.3 is 10.0 Å². The largest absolute Gasteiger partial charge is 0.481 e. The van der Waals surface area contributed by atoms with Crippen LogP contribution >= 0.6 is 27.7 Å². The highest BCUT2D eigenvalue weighted by molar-refractivity contribution is 9.10. The molecule has 1 heterocycles. The van der Waals surface area contributed by atoms with Gasteiger partial charge in [-0.25, -0.2) is 0 Å². The Balaban J connectivity index is 2.51. The fourth-order valence-corrected chi connectivity index (χ4v) is 4.03. The molecule has 0 aromatic heterocycles. The number of carbonyl (C=O) groups excluding carboxylic acids is 2. The number of amides is 1. The van der Waals surface area contributed by atoms with Crippen molar-refractivity contribution in [3.63, 3.8) is 0 Å². The number of carboxylic acids is 1. The molecule has 7 heteroatoms. The van der Waals surface area contributed by atoms with Crippen molar-refractivity contribution >= 4 is 45.4 Å². The van der Waals surface area contributed by atoms with Crippen LogP contribution in [0.1, 0.15) is 30.6 Å². The van der Waals surface area contributed by atoms with Crippen LogP contribution in [0.2, 0.25) is 0 Å². The van der Waals surface area contributed by atoms with E-state index in [0.717, 1.165) is 4.47 Å². The molecule has 25 heavy (non-hydrogen) atoms. The molecule has 1 aromatic rings. The van der Waals surface area contributed by atoms with Gasteiger partial charge in [-0.3, -0.25) is 14.4 Å². The van der Waals surface area contributed by atoms with Gasteiger partial charge in [0.25, 0.3) is 5.91 Å². The van der Waals surface area contributed by atoms with Gasteiger partial charge in [0.05, 0.1) is 6.42 Å². The van der Waals surface area contributed by atoms with Gasteiger partial charge in [0.1, 0.15) is 5.37 Å². The molecular weight excluding hydrogens is 406 g/mol. The first-order chi connectivity index (χ1) is 11.8. The number of benzene rings is 1. The number of rotatable bonds is 7. The van der Waals surface area contributed by atoms with E-state index in [1.54, 1.807) is 29.2 Å². The topological polar surface area (TPSA) is 74.7 Å². The monoisotopic (exact) mass is 425 g/mol. The molecule has 2 rings (SSSR count). The molecule has 1 aromatic carbocycles. The minimum atomic E-state index is -1.12. The van der Waals surface area contributed by atoms with Crippen LogP contribution in [-0.4, -0.2) is 45.8 Å². The van der Waals surface area contributed by atoms with Gasteiger partial charge in [0.2, 0.25) is 0 Å². The summed E-state index contributed by atoms with van der Waals surface area (Å²) in [6, 6.07) is 6.85. The van der Waals surface area contributed by atoms with Gasteiger partial charge in [0, 0.05) is 27.7 Å². The quantitative estimate of drug-likeness (QED) is 0.675.